The average Bonchev–Trinajstić information content (AvgIpc) is 2.97. The van der Waals surface area contributed by atoms with Crippen molar-refractivity contribution in [2.24, 2.45) is 0 Å². The number of rotatable bonds is 7. The Balaban J connectivity index is 1.32. The van der Waals surface area contributed by atoms with Gasteiger partial charge in [0.25, 0.3) is 5.91 Å². The van der Waals surface area contributed by atoms with Gasteiger partial charge in [-0.2, -0.15) is 5.26 Å². The third kappa shape index (κ3) is 5.68. The highest BCUT2D eigenvalue weighted by molar-refractivity contribution is 5.96. The Hall–Kier alpha value is -4.89. The minimum atomic E-state index is -0.938. The van der Waals surface area contributed by atoms with E-state index in [1.165, 1.54) is 0 Å². The third-order valence-corrected chi connectivity index (χ3v) is 7.21. The Morgan fingerprint density at radius 1 is 1.00 bits per heavy atom. The number of nitrogens with one attached hydrogen (secondary N) is 1. The number of aromatic carboxylic acids is 1. The summed E-state index contributed by atoms with van der Waals surface area (Å²) in [6.45, 7) is 3.53. The van der Waals surface area contributed by atoms with Crippen LogP contribution in [0.5, 0.6) is 0 Å². The lowest BCUT2D eigenvalue weighted by atomic mass is 9.96. The lowest BCUT2D eigenvalue weighted by Crippen LogP contribution is -2.30. The van der Waals surface area contributed by atoms with Crippen LogP contribution in [0.3, 0.4) is 0 Å². The fraction of sp³-hybridized carbons (Fsp3) is 0.182. The normalized spacial score (nSPS) is 13.2. The molecule has 1 aliphatic rings. The maximum Gasteiger partial charge on any atom is 0.336 e. The molecule has 0 bridgehead atoms. The predicted molar refractivity (Wildman–Crippen MR) is 152 cm³/mol. The molecule has 39 heavy (non-hydrogen) atoms. The maximum absolute atomic E-state index is 13.0. The number of carbonyl (C=O) groups is 2. The number of carboxylic acid groups (broad SMARTS) is 1. The number of amides is 1. The number of hydrogen-bond donors (Lipinski definition) is 2. The fourth-order valence-corrected chi connectivity index (χ4v) is 5.17. The van der Waals surface area contributed by atoms with Gasteiger partial charge in [-0.25, -0.2) is 4.79 Å². The number of carbonyl (C=O) groups excluding carboxylic acids is 1. The van der Waals surface area contributed by atoms with Crippen LogP contribution in [0.4, 0.5) is 5.69 Å². The first-order valence-corrected chi connectivity index (χ1v) is 13.0. The Bertz CT molecular complexity index is 1570. The van der Waals surface area contributed by atoms with Crippen molar-refractivity contribution in [1.82, 2.24) is 5.32 Å². The van der Waals surface area contributed by atoms with E-state index in [0.29, 0.717) is 23.2 Å². The van der Waals surface area contributed by atoms with E-state index in [2.05, 4.69) is 28.4 Å². The van der Waals surface area contributed by atoms with Gasteiger partial charge in [0.2, 0.25) is 0 Å². The van der Waals surface area contributed by atoms with Crippen molar-refractivity contribution in [3.63, 3.8) is 0 Å². The topological polar surface area (TPSA) is 93.4 Å². The summed E-state index contributed by atoms with van der Waals surface area (Å²) in [5.41, 5.74) is 7.40. The highest BCUT2D eigenvalue weighted by atomic mass is 16.4. The van der Waals surface area contributed by atoms with E-state index in [0.717, 1.165) is 47.3 Å². The fourth-order valence-electron chi connectivity index (χ4n) is 5.17. The molecule has 0 saturated heterocycles. The Morgan fingerprint density at radius 2 is 1.79 bits per heavy atom. The van der Waals surface area contributed by atoms with Crippen LogP contribution < -0.4 is 10.2 Å². The number of carboxylic acids is 1. The first-order chi connectivity index (χ1) is 18.9. The van der Waals surface area contributed by atoms with Crippen molar-refractivity contribution >= 4 is 17.6 Å². The number of hydrogen-bond acceptors (Lipinski definition) is 4. The molecule has 6 nitrogen and oxygen atoms in total. The third-order valence-electron chi connectivity index (χ3n) is 7.21. The van der Waals surface area contributed by atoms with Gasteiger partial charge in [-0.3, -0.25) is 4.79 Å². The molecule has 0 saturated carbocycles. The summed E-state index contributed by atoms with van der Waals surface area (Å²) in [6.07, 6.45) is 1.89. The van der Waals surface area contributed by atoms with Crippen molar-refractivity contribution in [3.05, 3.63) is 124 Å². The summed E-state index contributed by atoms with van der Waals surface area (Å²) in [5.74, 6) is -1.07. The van der Waals surface area contributed by atoms with Gasteiger partial charge in [0.15, 0.2) is 0 Å². The molecule has 1 amide bonds. The lowest BCUT2D eigenvalue weighted by Gasteiger charge is -2.32. The zero-order chi connectivity index (χ0) is 27.4. The van der Waals surface area contributed by atoms with Crippen LogP contribution in [0, 0.1) is 11.3 Å². The van der Waals surface area contributed by atoms with Gasteiger partial charge in [-0.1, -0.05) is 48.5 Å². The summed E-state index contributed by atoms with van der Waals surface area (Å²) in [5, 5.41) is 21.7. The molecule has 5 rings (SSSR count). The van der Waals surface area contributed by atoms with Crippen molar-refractivity contribution in [2.75, 3.05) is 11.4 Å². The van der Waals surface area contributed by atoms with Gasteiger partial charge in [0.1, 0.15) is 0 Å². The van der Waals surface area contributed by atoms with E-state index in [9.17, 15) is 14.7 Å². The van der Waals surface area contributed by atoms with Crippen LogP contribution in [0.2, 0.25) is 0 Å². The molecule has 0 aromatic heterocycles. The summed E-state index contributed by atoms with van der Waals surface area (Å²) in [4.78, 5) is 27.1. The number of nitriles is 1. The number of fused-ring (bicyclic) bond motifs is 1. The number of nitrogens with zero attached hydrogens (tertiary/aromatic N) is 2. The molecule has 0 unspecified atom stereocenters. The predicted octanol–water partition coefficient (Wildman–Crippen LogP) is 6.37. The molecule has 1 heterocycles. The number of benzene rings is 4. The molecule has 0 aliphatic carbocycles. The van der Waals surface area contributed by atoms with Crippen LogP contribution in [-0.2, 0) is 13.0 Å². The lowest BCUT2D eigenvalue weighted by molar-refractivity contribution is 0.0697. The van der Waals surface area contributed by atoms with E-state index < -0.39 is 5.97 Å². The van der Waals surface area contributed by atoms with Crippen LogP contribution in [0.25, 0.3) is 11.1 Å². The molecule has 0 radical (unpaired) electrons. The second-order valence-electron chi connectivity index (χ2n) is 9.85. The van der Waals surface area contributed by atoms with Crippen molar-refractivity contribution in [3.8, 4) is 17.2 Å². The molecule has 1 aliphatic heterocycles. The highest BCUT2D eigenvalue weighted by Crippen LogP contribution is 2.31. The van der Waals surface area contributed by atoms with Crippen molar-refractivity contribution < 1.29 is 14.7 Å². The monoisotopic (exact) mass is 515 g/mol. The van der Waals surface area contributed by atoms with Gasteiger partial charge in [0.05, 0.1) is 23.2 Å². The molecule has 6 heteroatoms. The van der Waals surface area contributed by atoms with Crippen molar-refractivity contribution in [2.45, 2.75) is 32.4 Å². The molecule has 0 spiro atoms. The van der Waals surface area contributed by atoms with Gasteiger partial charge in [-0.15, -0.1) is 0 Å². The van der Waals surface area contributed by atoms with Crippen LogP contribution in [0.1, 0.15) is 62.4 Å². The quantitative estimate of drug-likeness (QED) is 0.298. The van der Waals surface area contributed by atoms with Crippen LogP contribution in [-0.4, -0.2) is 23.5 Å². The average molecular weight is 516 g/mol. The first-order valence-electron chi connectivity index (χ1n) is 13.0. The van der Waals surface area contributed by atoms with Gasteiger partial charge < -0.3 is 15.3 Å². The molecule has 4 aromatic carbocycles. The molecule has 0 fully saturated rings. The maximum atomic E-state index is 13.0. The molecular formula is C33H29N3O3. The molecule has 2 N–H and O–H groups in total. The van der Waals surface area contributed by atoms with Gasteiger partial charge in [-0.05, 0) is 90.0 Å². The second-order valence-corrected chi connectivity index (χ2v) is 9.85. The van der Waals surface area contributed by atoms with Gasteiger partial charge in [0, 0.05) is 24.3 Å². The minimum Gasteiger partial charge on any atom is -0.478 e. The highest BCUT2D eigenvalue weighted by Gasteiger charge is 2.20. The zero-order valence-electron chi connectivity index (χ0n) is 21.7. The molecular weight excluding hydrogens is 486 g/mol. The summed E-state index contributed by atoms with van der Waals surface area (Å²) in [7, 11) is 0. The Morgan fingerprint density at radius 3 is 2.56 bits per heavy atom. The smallest absolute Gasteiger partial charge is 0.336 e. The largest absolute Gasteiger partial charge is 0.478 e. The standard InChI is InChI=1S/C33H29N3O3/c1-22(25-13-11-23(20-34)12-14-25)35-32(37)28-15-16-31-27(19-28)8-5-17-36(31)21-24-6-4-7-26(18-24)29-9-2-3-10-30(29)33(38)39/h2-4,6-7,9-16,18-19,22H,5,8,17,21H2,1H3,(H,35,37)(H,38,39)/t22-/m0/s1. The molecule has 194 valence electrons. The summed E-state index contributed by atoms with van der Waals surface area (Å²) in [6, 6.07) is 30.2. The van der Waals surface area contributed by atoms with E-state index in [-0.39, 0.29) is 17.5 Å². The van der Waals surface area contributed by atoms with E-state index in [1.807, 2.05) is 61.5 Å². The summed E-state index contributed by atoms with van der Waals surface area (Å²) < 4.78 is 0. The number of aryl methyl sites for hydroxylation is 1. The molecule has 4 aromatic rings. The Kier molecular flexibility index (Phi) is 7.42. The van der Waals surface area contributed by atoms with E-state index >= 15 is 0 Å². The number of anilines is 1. The molecule has 1 atom stereocenters. The SMILES string of the molecule is C[C@H](NC(=O)c1ccc2c(c1)CCCN2Cc1cccc(-c2ccccc2C(=O)O)c1)c1ccc(C#N)cc1. The first kappa shape index (κ1) is 25.7. The van der Waals surface area contributed by atoms with Crippen molar-refractivity contribution in [1.29, 1.82) is 5.26 Å². The van der Waals surface area contributed by atoms with Crippen LogP contribution in [0.15, 0.2) is 91.0 Å². The second kappa shape index (κ2) is 11.2. The van der Waals surface area contributed by atoms with E-state index in [4.69, 9.17) is 5.26 Å². The summed E-state index contributed by atoms with van der Waals surface area (Å²) >= 11 is 0. The Labute approximate surface area is 228 Å². The zero-order valence-corrected chi connectivity index (χ0v) is 21.7. The van der Waals surface area contributed by atoms with Crippen LogP contribution >= 0.6 is 0 Å². The van der Waals surface area contributed by atoms with Gasteiger partial charge >= 0.3 is 5.97 Å². The minimum absolute atomic E-state index is 0.128. The van der Waals surface area contributed by atoms with E-state index in [1.54, 1.807) is 24.3 Å².